The topological polar surface area (TPSA) is 87.6 Å². The van der Waals surface area contributed by atoms with Gasteiger partial charge in [-0.05, 0) is 34.1 Å². The van der Waals surface area contributed by atoms with E-state index in [1.54, 1.807) is 0 Å². The molecule has 0 bridgehead atoms. The molecule has 9 heteroatoms. The molecule has 0 aliphatic carbocycles. The lowest BCUT2D eigenvalue weighted by Crippen LogP contribution is -2.12. The number of nitrogen functional groups attached to an aromatic ring is 1. The monoisotopic (exact) mass is 357 g/mol. The molecule has 0 fully saturated rings. The van der Waals surface area contributed by atoms with Gasteiger partial charge in [-0.1, -0.05) is 0 Å². The lowest BCUT2D eigenvalue weighted by atomic mass is 10.2. The van der Waals surface area contributed by atoms with Gasteiger partial charge in [0.05, 0.1) is 17.3 Å². The van der Waals surface area contributed by atoms with Crippen molar-refractivity contribution in [3.05, 3.63) is 40.0 Å². The van der Waals surface area contributed by atoms with Gasteiger partial charge in [0.1, 0.15) is 5.82 Å². The molecule has 1 aromatic carbocycles. The molecule has 3 N–H and O–H groups in total. The Morgan fingerprint density at radius 3 is 2.52 bits per heavy atom. The fourth-order valence-electron chi connectivity index (χ4n) is 1.50. The number of nitriles is 1. The highest BCUT2D eigenvalue weighted by Gasteiger charge is 2.33. The molecule has 2 aromatic rings. The van der Waals surface area contributed by atoms with Gasteiger partial charge >= 0.3 is 6.18 Å². The summed E-state index contributed by atoms with van der Waals surface area (Å²) in [6.07, 6.45) is -4.62. The van der Waals surface area contributed by atoms with Gasteiger partial charge in [-0.3, -0.25) is 0 Å². The summed E-state index contributed by atoms with van der Waals surface area (Å²) in [5, 5.41) is 11.4. The molecule has 2 rings (SSSR count). The highest BCUT2D eigenvalue weighted by molar-refractivity contribution is 9.10. The van der Waals surface area contributed by atoms with Crippen molar-refractivity contribution in [3.63, 3.8) is 0 Å². The van der Waals surface area contributed by atoms with E-state index in [9.17, 15) is 13.2 Å². The normalized spacial score (nSPS) is 11.0. The number of halogens is 4. The van der Waals surface area contributed by atoms with Crippen molar-refractivity contribution in [2.75, 3.05) is 11.1 Å². The molecule has 0 atom stereocenters. The molecular weight excluding hydrogens is 351 g/mol. The van der Waals surface area contributed by atoms with Gasteiger partial charge in [-0.25, -0.2) is 4.98 Å². The summed E-state index contributed by atoms with van der Waals surface area (Å²) in [6, 6.07) is 7.27. The number of nitrogens with zero attached hydrogens (tertiary/aromatic N) is 3. The average molecular weight is 358 g/mol. The number of nitrogens with one attached hydrogen (secondary N) is 1. The molecule has 0 amide bonds. The van der Waals surface area contributed by atoms with E-state index >= 15 is 0 Å². The van der Waals surface area contributed by atoms with E-state index in [1.807, 2.05) is 6.07 Å². The number of rotatable bonds is 2. The third-order valence-corrected chi connectivity index (χ3v) is 3.05. The van der Waals surface area contributed by atoms with Crippen LogP contribution in [0.3, 0.4) is 0 Å². The van der Waals surface area contributed by atoms with Gasteiger partial charge in [0.25, 0.3) is 0 Å². The van der Waals surface area contributed by atoms with E-state index in [2.05, 4.69) is 31.2 Å². The number of alkyl halides is 3. The first-order valence-corrected chi connectivity index (χ1v) is 6.27. The van der Waals surface area contributed by atoms with Crippen LogP contribution >= 0.6 is 15.9 Å². The van der Waals surface area contributed by atoms with E-state index in [-0.39, 0.29) is 5.82 Å². The number of hydrogen-bond donors (Lipinski definition) is 2. The van der Waals surface area contributed by atoms with Crippen LogP contribution in [0.15, 0.2) is 28.7 Å². The van der Waals surface area contributed by atoms with Crippen LogP contribution in [0.25, 0.3) is 0 Å². The Hall–Kier alpha value is -2.34. The predicted molar refractivity (Wildman–Crippen MR) is 73.6 cm³/mol. The van der Waals surface area contributed by atoms with Crippen LogP contribution in [0.2, 0.25) is 0 Å². The molecule has 0 aliphatic heterocycles. The first kappa shape index (κ1) is 15.1. The molecule has 21 heavy (non-hydrogen) atoms. The predicted octanol–water partition coefficient (Wildman–Crippen LogP) is 3.46. The minimum Gasteiger partial charge on any atom is -0.368 e. The van der Waals surface area contributed by atoms with Crippen molar-refractivity contribution < 1.29 is 13.2 Å². The molecule has 1 heterocycles. The Morgan fingerprint density at radius 1 is 1.24 bits per heavy atom. The lowest BCUT2D eigenvalue weighted by molar-refractivity contribution is -0.141. The van der Waals surface area contributed by atoms with Crippen LogP contribution in [-0.2, 0) is 6.18 Å². The zero-order valence-corrected chi connectivity index (χ0v) is 11.8. The Bertz CT molecular complexity index is 724. The second-order valence-corrected chi connectivity index (χ2v) is 4.78. The van der Waals surface area contributed by atoms with Gasteiger partial charge in [-0.2, -0.15) is 23.4 Å². The summed E-state index contributed by atoms with van der Waals surface area (Å²) in [6.45, 7) is 0. The van der Waals surface area contributed by atoms with E-state index in [4.69, 9.17) is 11.0 Å². The summed E-state index contributed by atoms with van der Waals surface area (Å²) >= 11 is 3.21. The molecule has 0 saturated carbocycles. The summed E-state index contributed by atoms with van der Waals surface area (Å²) in [5.41, 5.74) is 4.99. The fraction of sp³-hybridized carbons (Fsp3) is 0.0833. The first-order chi connectivity index (χ1) is 9.79. The quantitative estimate of drug-likeness (QED) is 0.859. The molecule has 0 unspecified atom stereocenters. The largest absolute Gasteiger partial charge is 0.433 e. The van der Waals surface area contributed by atoms with Crippen LogP contribution in [0.5, 0.6) is 0 Å². The Balaban J connectivity index is 2.36. The zero-order chi connectivity index (χ0) is 15.6. The molecule has 0 radical (unpaired) electrons. The van der Waals surface area contributed by atoms with Crippen molar-refractivity contribution in [3.8, 4) is 6.07 Å². The number of benzene rings is 1. The van der Waals surface area contributed by atoms with Crippen molar-refractivity contribution in [2.24, 2.45) is 0 Å². The molecular formula is C12H7BrF3N5. The van der Waals surface area contributed by atoms with E-state index in [0.29, 0.717) is 15.7 Å². The zero-order valence-electron chi connectivity index (χ0n) is 10.2. The van der Waals surface area contributed by atoms with Crippen molar-refractivity contribution in [2.45, 2.75) is 6.18 Å². The number of nitrogens with two attached hydrogens (primary N) is 1. The van der Waals surface area contributed by atoms with E-state index in [0.717, 1.165) is 6.07 Å². The average Bonchev–Trinajstić information content (AvgIpc) is 2.39. The summed E-state index contributed by atoms with van der Waals surface area (Å²) in [5.74, 6) is -0.586. The molecule has 0 aliphatic rings. The van der Waals surface area contributed by atoms with Crippen LogP contribution < -0.4 is 11.1 Å². The van der Waals surface area contributed by atoms with Crippen LogP contribution in [0.1, 0.15) is 11.3 Å². The Labute approximate surface area is 125 Å². The van der Waals surface area contributed by atoms with Crippen LogP contribution in [-0.4, -0.2) is 9.97 Å². The molecule has 1 aromatic heterocycles. The minimum absolute atomic E-state index is 0.0970. The first-order valence-electron chi connectivity index (χ1n) is 5.48. The maximum atomic E-state index is 12.6. The van der Waals surface area contributed by atoms with Gasteiger partial charge in [0, 0.05) is 10.5 Å². The van der Waals surface area contributed by atoms with Crippen LogP contribution in [0.4, 0.5) is 30.6 Å². The number of anilines is 3. The van der Waals surface area contributed by atoms with Gasteiger partial charge < -0.3 is 11.1 Å². The second-order valence-electron chi connectivity index (χ2n) is 3.93. The van der Waals surface area contributed by atoms with Gasteiger partial charge in [-0.15, -0.1) is 0 Å². The SMILES string of the molecule is N#Cc1ccc(Nc2cc(C(F)(F)F)nc(N)n2)c(Br)c1. The van der Waals surface area contributed by atoms with Crippen molar-refractivity contribution in [1.82, 2.24) is 9.97 Å². The maximum absolute atomic E-state index is 12.6. The summed E-state index contributed by atoms with van der Waals surface area (Å²) in [4.78, 5) is 6.84. The van der Waals surface area contributed by atoms with E-state index in [1.165, 1.54) is 18.2 Å². The van der Waals surface area contributed by atoms with Gasteiger partial charge in [0.15, 0.2) is 5.69 Å². The summed E-state index contributed by atoms with van der Waals surface area (Å²) < 4.78 is 38.4. The van der Waals surface area contributed by atoms with Crippen molar-refractivity contribution in [1.29, 1.82) is 5.26 Å². The Morgan fingerprint density at radius 2 is 1.95 bits per heavy atom. The van der Waals surface area contributed by atoms with Crippen molar-refractivity contribution >= 4 is 33.4 Å². The third-order valence-electron chi connectivity index (χ3n) is 2.39. The molecule has 0 saturated heterocycles. The summed E-state index contributed by atoms with van der Waals surface area (Å²) in [7, 11) is 0. The highest BCUT2D eigenvalue weighted by Crippen LogP contribution is 2.31. The second kappa shape index (κ2) is 5.57. The number of aromatic nitrogens is 2. The van der Waals surface area contributed by atoms with E-state index < -0.39 is 17.8 Å². The fourth-order valence-corrected chi connectivity index (χ4v) is 1.98. The molecule has 0 spiro atoms. The Kier molecular flexibility index (Phi) is 3.99. The third kappa shape index (κ3) is 3.61. The minimum atomic E-state index is -4.62. The van der Waals surface area contributed by atoms with Gasteiger partial charge in [0.2, 0.25) is 5.95 Å². The number of hydrogen-bond acceptors (Lipinski definition) is 5. The van der Waals surface area contributed by atoms with Crippen LogP contribution in [0, 0.1) is 11.3 Å². The smallest absolute Gasteiger partial charge is 0.368 e. The standard InChI is InChI=1S/C12H7BrF3N5/c13-7-3-6(5-17)1-2-8(7)19-10-4-9(12(14,15)16)20-11(18)21-10/h1-4H,(H3,18,19,20,21). The molecule has 108 valence electrons. The lowest BCUT2D eigenvalue weighted by Gasteiger charge is -2.11. The molecule has 5 nitrogen and oxygen atoms in total. The highest BCUT2D eigenvalue weighted by atomic mass is 79.9. The maximum Gasteiger partial charge on any atom is 0.433 e.